The van der Waals surface area contributed by atoms with Crippen molar-refractivity contribution in [1.29, 1.82) is 0 Å². The molecule has 4 aliphatic rings. The number of benzene rings is 11. The summed E-state index contributed by atoms with van der Waals surface area (Å²) in [7, 11) is -29.3. The maximum absolute atomic E-state index is 13.1. The van der Waals surface area contributed by atoms with Gasteiger partial charge in [0.1, 0.15) is 14.7 Å². The summed E-state index contributed by atoms with van der Waals surface area (Å²) in [5, 5.41) is 4.83. The average molecular weight is 2050 g/mol. The van der Waals surface area contributed by atoms with Crippen LogP contribution in [0.3, 0.4) is 0 Å². The first-order valence-electron chi connectivity index (χ1n) is 40.9. The van der Waals surface area contributed by atoms with Gasteiger partial charge in [-0.25, -0.2) is 92.3 Å². The van der Waals surface area contributed by atoms with E-state index in [0.717, 1.165) is 82.6 Å². The molecule has 9 heterocycles. The normalized spacial score (nSPS) is 15.2. The molecule has 0 spiro atoms. The molecule has 0 atom stereocenters. The van der Waals surface area contributed by atoms with E-state index in [1.54, 1.807) is 79.5 Å². The zero-order valence-electron chi connectivity index (χ0n) is 70.9. The molecular formula is C92H75Cl4N15O16S8. The van der Waals surface area contributed by atoms with Crippen LogP contribution in [0.1, 0.15) is 16.7 Å². The van der Waals surface area contributed by atoms with Gasteiger partial charge in [-0.3, -0.25) is 46.1 Å². The van der Waals surface area contributed by atoms with Crippen molar-refractivity contribution in [1.82, 2.24) is 34.9 Å². The quantitative estimate of drug-likeness (QED) is 0.0550. The number of aryl methyl sites for hydroxylation is 3. The molecule has 31 nitrogen and oxygen atoms in total. The number of nitrogens with one attached hydrogen (secondary N) is 4. The van der Waals surface area contributed by atoms with E-state index in [2.05, 4.69) is 53.8 Å². The van der Waals surface area contributed by atoms with Crippen molar-refractivity contribution in [2.24, 2.45) is 0 Å². The van der Waals surface area contributed by atoms with Crippen molar-refractivity contribution in [3.8, 4) is 45.3 Å². The Labute approximate surface area is 798 Å². The first kappa shape index (κ1) is 94.0. The van der Waals surface area contributed by atoms with Crippen molar-refractivity contribution in [3.63, 3.8) is 0 Å². The highest BCUT2D eigenvalue weighted by Crippen LogP contribution is 2.41. The van der Waals surface area contributed by atoms with Gasteiger partial charge in [-0.2, -0.15) is 0 Å². The third-order valence-corrected chi connectivity index (χ3v) is 36.7. The van der Waals surface area contributed by atoms with Gasteiger partial charge in [0.05, 0.1) is 98.7 Å². The van der Waals surface area contributed by atoms with Gasteiger partial charge in [-0.1, -0.05) is 125 Å². The van der Waals surface area contributed by atoms with Crippen LogP contribution in [0.2, 0.25) is 20.1 Å². The van der Waals surface area contributed by atoms with E-state index in [-0.39, 0.29) is 63.3 Å². The van der Waals surface area contributed by atoms with E-state index in [1.165, 1.54) is 102 Å². The Bertz CT molecular complexity index is 8270. The van der Waals surface area contributed by atoms with E-state index in [0.29, 0.717) is 93.9 Å². The minimum Gasteiger partial charge on any atom is -0.280 e. The molecule has 135 heavy (non-hydrogen) atoms. The van der Waals surface area contributed by atoms with Gasteiger partial charge < -0.3 is 0 Å². The number of pyridine rings is 3. The van der Waals surface area contributed by atoms with Crippen LogP contribution in [0.5, 0.6) is 0 Å². The van der Waals surface area contributed by atoms with Crippen LogP contribution in [-0.2, 0) is 80.2 Å². The molecule has 0 saturated carbocycles. The number of aromatic nitrogens is 7. The Morgan fingerprint density at radius 3 is 1.15 bits per heavy atom. The molecular weight excluding hydrogens is 1970 g/mol. The second-order valence-corrected chi connectivity index (χ2v) is 47.6. The summed E-state index contributed by atoms with van der Waals surface area (Å²) in [4.78, 5) is 30.8. The summed E-state index contributed by atoms with van der Waals surface area (Å²) in [5.74, 6) is 1.13. The zero-order chi connectivity index (χ0) is 95.5. The molecule has 0 radical (unpaired) electrons. The molecule has 0 amide bonds. The summed E-state index contributed by atoms with van der Waals surface area (Å²) in [5.41, 5.74) is 12.1. The Morgan fingerprint density at radius 2 is 0.689 bits per heavy atom. The number of sulfonamides is 8. The summed E-state index contributed by atoms with van der Waals surface area (Å²) >= 11 is 25.1. The van der Waals surface area contributed by atoms with Crippen LogP contribution < -0.4 is 36.1 Å². The van der Waals surface area contributed by atoms with Gasteiger partial charge in [0, 0.05) is 124 Å². The first-order valence-corrected chi connectivity index (χ1v) is 54.8. The van der Waals surface area contributed by atoms with Gasteiger partial charge in [0.2, 0.25) is 40.1 Å². The standard InChI is InChI=1S/C24H20ClN3O4S2.C23H19ClN4O4S2.C23H20N4O4S2.C22H16Cl2N4O4S2/c1-16-6-7-18(14-21(16)24-20-5-3-2-4-17(20)10-11-26-24)27-34(31,32)23-9-8-19(15-22(23)25)28-12-13-33(28,29)30;1-15-2-4-17(12-19(15)22-6-3-16-14-25-9-8-21(16)26-22)27-34(31,32)23-7-5-18(13-20(23)24)28-10-11-33(28,29)30;1-16-6-7-18(14-21(16)23-24-15-17-4-2-3-5-22(17)25-23)26-33(30,31)20-10-8-19(9-11-20)27-12-13-32(27,28)29;23-18-7-5-15(11-17(18)22-25-13-14-3-1-2-4-20(14)26-22)27-34(31,32)21-8-6-16(12-19(21)24)28-9-10-33(28,29)30/h2-11,14-15,27H,12-13H2,1H3;2-9,12-14,27H,10-11H2,1H3;2-11,14-15,26H,12-13H2,1H3;1-8,11-13,27H,9-10H2. The number of hydrogen-bond donors (Lipinski definition) is 4. The third-order valence-electron chi connectivity index (χ3n) is 22.3. The van der Waals surface area contributed by atoms with Crippen LogP contribution >= 0.6 is 46.4 Å². The maximum Gasteiger partial charge on any atom is 0.263 e. The Balaban J connectivity index is 0.000000125. The first-order chi connectivity index (χ1) is 64.2. The highest BCUT2D eigenvalue weighted by Gasteiger charge is 2.38. The van der Waals surface area contributed by atoms with Gasteiger partial charge in [-0.05, 0) is 213 Å². The molecule has 0 bridgehead atoms. The van der Waals surface area contributed by atoms with Crippen molar-refractivity contribution >= 4 is 216 Å². The summed E-state index contributed by atoms with van der Waals surface area (Å²) in [6, 6.07) is 68.8. The highest BCUT2D eigenvalue weighted by molar-refractivity contribution is 7.96. The van der Waals surface area contributed by atoms with Crippen molar-refractivity contribution in [3.05, 3.63) is 316 Å². The fourth-order valence-corrected chi connectivity index (χ4v) is 25.4. The lowest BCUT2D eigenvalue weighted by molar-refractivity contribution is 0.577. The average Bonchev–Trinajstić information content (AvgIpc) is 0.775. The molecule has 4 saturated heterocycles. The zero-order valence-corrected chi connectivity index (χ0v) is 80.5. The van der Waals surface area contributed by atoms with Crippen LogP contribution in [0.15, 0.2) is 299 Å². The number of hydrogen-bond acceptors (Lipinski definition) is 23. The van der Waals surface area contributed by atoms with Gasteiger partial charge >= 0.3 is 0 Å². The number of nitrogens with zero attached hydrogens (tertiary/aromatic N) is 11. The van der Waals surface area contributed by atoms with Crippen molar-refractivity contribution in [2.45, 2.75) is 40.4 Å². The second-order valence-electron chi connectivity index (χ2n) is 31.2. The van der Waals surface area contributed by atoms with Gasteiger partial charge in [0.15, 0.2) is 11.6 Å². The smallest absolute Gasteiger partial charge is 0.263 e. The molecule has 0 unspecified atom stereocenters. The minimum atomic E-state index is -4.08. The molecule has 20 rings (SSSR count). The lowest BCUT2D eigenvalue weighted by atomic mass is 10.00. The summed E-state index contributed by atoms with van der Waals surface area (Å²) < 4.78 is 214. The Hall–Kier alpha value is -12.8. The molecule has 43 heteroatoms. The SMILES string of the molecule is Cc1ccc(NS(=O)(=O)c2ccc(N3CCS3(=O)=O)cc2)cc1-c1ncc2ccccc2n1.Cc1ccc(NS(=O)(=O)c2ccc(N3CCS3(=O)=O)cc2Cl)cc1-c1ccc2cnccc2n1.Cc1ccc(NS(=O)(=O)c2ccc(N3CCS3(=O)=O)cc2Cl)cc1-c1nccc2ccccc12.O=S(=O)(Nc1ccc(Cl)c(-c2ncc3ccccc3n2)c1)c1ccc(N2CCS2(=O)=O)cc1Cl. The fraction of sp³-hybridized carbons (Fsp3) is 0.120. The summed E-state index contributed by atoms with van der Waals surface area (Å²) in [6.07, 6.45) is 8.55. The molecule has 16 aromatic rings. The molecule has 11 aromatic carbocycles. The maximum atomic E-state index is 13.1. The van der Waals surface area contributed by atoms with Gasteiger partial charge in [0.25, 0.3) is 40.1 Å². The van der Waals surface area contributed by atoms with E-state index >= 15 is 0 Å². The predicted molar refractivity (Wildman–Crippen MR) is 530 cm³/mol. The van der Waals surface area contributed by atoms with Crippen molar-refractivity contribution in [2.75, 3.05) is 85.3 Å². The van der Waals surface area contributed by atoms with E-state index in [9.17, 15) is 67.3 Å². The lowest BCUT2D eigenvalue weighted by Crippen LogP contribution is -2.47. The monoisotopic (exact) mass is 2040 g/mol. The van der Waals surface area contributed by atoms with E-state index in [4.69, 9.17) is 46.4 Å². The van der Waals surface area contributed by atoms with Crippen LogP contribution in [0.4, 0.5) is 45.5 Å². The lowest BCUT2D eigenvalue weighted by Gasteiger charge is -2.32. The predicted octanol–water partition coefficient (Wildman–Crippen LogP) is 17.1. The van der Waals surface area contributed by atoms with Crippen LogP contribution in [0, 0.1) is 20.8 Å². The molecule has 4 aliphatic heterocycles. The Kier molecular flexibility index (Phi) is 25.9. The molecule has 4 N–H and O–H groups in total. The third kappa shape index (κ3) is 20.0. The molecule has 690 valence electrons. The number of rotatable bonds is 20. The van der Waals surface area contributed by atoms with Gasteiger partial charge in [-0.15, -0.1) is 0 Å². The number of halogens is 4. The number of fused-ring (bicyclic) bond motifs is 4. The minimum absolute atomic E-state index is 0.0354. The second kappa shape index (κ2) is 37.1. The molecule has 0 aliphatic carbocycles. The molecule has 5 aromatic heterocycles. The van der Waals surface area contributed by atoms with Crippen LogP contribution in [0.25, 0.3) is 88.8 Å². The topological polar surface area (TPSA) is 424 Å². The number of anilines is 8. The van der Waals surface area contributed by atoms with E-state index in [1.807, 2.05) is 136 Å². The number of para-hydroxylation sites is 2. The highest BCUT2D eigenvalue weighted by atomic mass is 35.5. The fourth-order valence-electron chi connectivity index (χ4n) is 15.0. The largest absolute Gasteiger partial charge is 0.280 e. The molecule has 4 fully saturated rings. The van der Waals surface area contributed by atoms with Crippen LogP contribution in [-0.4, -0.2) is 151 Å². The van der Waals surface area contributed by atoms with E-state index < -0.39 is 80.2 Å². The Morgan fingerprint density at radius 1 is 0.311 bits per heavy atom. The summed E-state index contributed by atoms with van der Waals surface area (Å²) in [6.45, 7) is 7.19. The van der Waals surface area contributed by atoms with Crippen molar-refractivity contribution < 1.29 is 67.3 Å².